The Balaban J connectivity index is 2.19. The minimum atomic E-state index is -0.448. The summed E-state index contributed by atoms with van der Waals surface area (Å²) in [5.41, 5.74) is 2.07. The molecule has 0 unspecified atom stereocenters. The van der Waals surface area contributed by atoms with Crippen LogP contribution >= 0.6 is 27.7 Å². The van der Waals surface area contributed by atoms with Crippen molar-refractivity contribution >= 4 is 27.7 Å². The molecule has 14 heavy (non-hydrogen) atoms. The Bertz CT molecular complexity index is 347. The Morgan fingerprint density at radius 2 is 2.21 bits per heavy atom. The van der Waals surface area contributed by atoms with Crippen LogP contribution in [0.1, 0.15) is 11.1 Å². The van der Waals surface area contributed by atoms with Gasteiger partial charge in [0.15, 0.2) is 0 Å². The summed E-state index contributed by atoms with van der Waals surface area (Å²) >= 11 is 5.27. The van der Waals surface area contributed by atoms with Gasteiger partial charge in [0.1, 0.15) is 0 Å². The zero-order chi connectivity index (χ0) is 10.2. The lowest BCUT2D eigenvalue weighted by atomic mass is 9.94. The fourth-order valence-electron chi connectivity index (χ4n) is 1.62. The quantitative estimate of drug-likeness (QED) is 0.894. The molecule has 0 atom stereocenters. The number of aliphatic hydroxyl groups is 1. The van der Waals surface area contributed by atoms with Crippen molar-refractivity contribution in [1.29, 1.82) is 0 Å². The average molecular weight is 273 g/mol. The van der Waals surface area contributed by atoms with Gasteiger partial charge in [0.25, 0.3) is 0 Å². The summed E-state index contributed by atoms with van der Waals surface area (Å²) in [6, 6.07) is 6.24. The van der Waals surface area contributed by atoms with E-state index in [-0.39, 0.29) is 0 Å². The first kappa shape index (κ1) is 10.5. The van der Waals surface area contributed by atoms with Gasteiger partial charge in [-0.2, -0.15) is 11.8 Å². The molecule has 1 aliphatic rings. The standard InChI is InChI=1S/C11H13BrOS/c1-8-2-3-10(12)4-9(8)5-11(13)6-14-7-11/h2-4,13H,5-7H2,1H3. The largest absolute Gasteiger partial charge is 0.388 e. The molecule has 1 heterocycles. The van der Waals surface area contributed by atoms with Crippen LogP contribution in [-0.2, 0) is 6.42 Å². The lowest BCUT2D eigenvalue weighted by molar-refractivity contribution is 0.0791. The van der Waals surface area contributed by atoms with Gasteiger partial charge in [-0.1, -0.05) is 22.0 Å². The first-order valence-electron chi connectivity index (χ1n) is 4.64. The lowest BCUT2D eigenvalue weighted by Gasteiger charge is -2.36. The molecule has 76 valence electrons. The third-order valence-electron chi connectivity index (χ3n) is 2.57. The van der Waals surface area contributed by atoms with E-state index in [4.69, 9.17) is 0 Å². The van der Waals surface area contributed by atoms with Gasteiger partial charge in [-0.05, 0) is 30.2 Å². The number of halogens is 1. The van der Waals surface area contributed by atoms with Crippen molar-refractivity contribution in [3.8, 4) is 0 Å². The van der Waals surface area contributed by atoms with E-state index < -0.39 is 5.60 Å². The first-order chi connectivity index (χ1) is 6.59. The molecule has 0 aliphatic carbocycles. The second kappa shape index (κ2) is 3.87. The Labute approximate surface area is 97.0 Å². The number of hydrogen-bond acceptors (Lipinski definition) is 2. The van der Waals surface area contributed by atoms with Gasteiger partial charge in [0, 0.05) is 22.4 Å². The van der Waals surface area contributed by atoms with E-state index in [1.165, 1.54) is 11.1 Å². The van der Waals surface area contributed by atoms with Gasteiger partial charge in [0.2, 0.25) is 0 Å². The number of thioether (sulfide) groups is 1. The lowest BCUT2D eigenvalue weighted by Crippen LogP contribution is -2.45. The summed E-state index contributed by atoms with van der Waals surface area (Å²) in [4.78, 5) is 0. The molecule has 3 heteroatoms. The van der Waals surface area contributed by atoms with Crippen molar-refractivity contribution in [2.75, 3.05) is 11.5 Å². The normalized spacial score (nSPS) is 19.1. The molecule has 2 rings (SSSR count). The van der Waals surface area contributed by atoms with E-state index in [2.05, 4.69) is 35.0 Å². The molecular formula is C11H13BrOS. The molecule has 0 bridgehead atoms. The van der Waals surface area contributed by atoms with Crippen LogP contribution in [0.5, 0.6) is 0 Å². The van der Waals surface area contributed by atoms with E-state index in [0.717, 1.165) is 22.4 Å². The molecule has 1 fully saturated rings. The topological polar surface area (TPSA) is 20.2 Å². The van der Waals surface area contributed by atoms with Gasteiger partial charge < -0.3 is 5.11 Å². The molecule has 1 aliphatic heterocycles. The highest BCUT2D eigenvalue weighted by Crippen LogP contribution is 2.33. The second-order valence-corrected chi connectivity index (χ2v) is 5.87. The van der Waals surface area contributed by atoms with Crippen molar-refractivity contribution in [1.82, 2.24) is 0 Å². The highest BCUT2D eigenvalue weighted by Gasteiger charge is 2.35. The van der Waals surface area contributed by atoms with Crippen LogP contribution in [0.3, 0.4) is 0 Å². The van der Waals surface area contributed by atoms with E-state index in [0.29, 0.717) is 0 Å². The monoisotopic (exact) mass is 272 g/mol. The van der Waals surface area contributed by atoms with Crippen molar-refractivity contribution in [2.45, 2.75) is 18.9 Å². The van der Waals surface area contributed by atoms with E-state index in [9.17, 15) is 5.11 Å². The third kappa shape index (κ3) is 2.15. The molecule has 1 N–H and O–H groups in total. The molecule has 0 aromatic heterocycles. The van der Waals surface area contributed by atoms with Crippen LogP contribution in [0, 0.1) is 6.92 Å². The summed E-state index contributed by atoms with van der Waals surface area (Å²) in [6.07, 6.45) is 0.783. The zero-order valence-corrected chi connectivity index (χ0v) is 10.5. The summed E-state index contributed by atoms with van der Waals surface area (Å²) < 4.78 is 1.09. The van der Waals surface area contributed by atoms with E-state index in [1.54, 1.807) is 0 Å². The molecule has 0 saturated carbocycles. The summed E-state index contributed by atoms with van der Waals surface area (Å²) in [5, 5.41) is 10.0. The summed E-state index contributed by atoms with van der Waals surface area (Å²) in [6.45, 7) is 2.09. The van der Waals surface area contributed by atoms with Crippen LogP contribution in [0.15, 0.2) is 22.7 Å². The minimum absolute atomic E-state index is 0.448. The van der Waals surface area contributed by atoms with Crippen molar-refractivity contribution in [2.24, 2.45) is 0 Å². The van der Waals surface area contributed by atoms with Gasteiger partial charge in [-0.3, -0.25) is 0 Å². The Morgan fingerprint density at radius 3 is 2.79 bits per heavy atom. The highest BCUT2D eigenvalue weighted by atomic mass is 79.9. The molecule has 1 aromatic rings. The van der Waals surface area contributed by atoms with Crippen LogP contribution in [0.4, 0.5) is 0 Å². The molecule has 0 spiro atoms. The smallest absolute Gasteiger partial charge is 0.0867 e. The van der Waals surface area contributed by atoms with Crippen LogP contribution in [0.25, 0.3) is 0 Å². The summed E-state index contributed by atoms with van der Waals surface area (Å²) in [5.74, 6) is 1.75. The highest BCUT2D eigenvalue weighted by molar-refractivity contribution is 9.10. The van der Waals surface area contributed by atoms with Gasteiger partial charge in [0.05, 0.1) is 5.60 Å². The molecule has 1 saturated heterocycles. The van der Waals surface area contributed by atoms with Gasteiger partial charge >= 0.3 is 0 Å². The van der Waals surface area contributed by atoms with Crippen LogP contribution in [0.2, 0.25) is 0 Å². The van der Waals surface area contributed by atoms with Crippen LogP contribution < -0.4 is 0 Å². The maximum absolute atomic E-state index is 10.0. The van der Waals surface area contributed by atoms with E-state index >= 15 is 0 Å². The number of rotatable bonds is 2. The minimum Gasteiger partial charge on any atom is -0.388 e. The first-order valence-corrected chi connectivity index (χ1v) is 6.59. The Kier molecular flexibility index (Phi) is 2.91. The maximum Gasteiger partial charge on any atom is 0.0867 e. The van der Waals surface area contributed by atoms with Gasteiger partial charge in [-0.15, -0.1) is 0 Å². The van der Waals surface area contributed by atoms with Crippen molar-refractivity contribution < 1.29 is 5.11 Å². The maximum atomic E-state index is 10.0. The predicted octanol–water partition coefficient (Wildman–Crippen LogP) is 2.78. The Morgan fingerprint density at radius 1 is 1.50 bits per heavy atom. The van der Waals surface area contributed by atoms with Crippen molar-refractivity contribution in [3.05, 3.63) is 33.8 Å². The number of aryl methyl sites for hydroxylation is 1. The zero-order valence-electron chi connectivity index (χ0n) is 8.09. The fourth-order valence-corrected chi connectivity index (χ4v) is 2.91. The van der Waals surface area contributed by atoms with E-state index in [1.807, 2.05) is 17.8 Å². The number of benzene rings is 1. The molecular weight excluding hydrogens is 260 g/mol. The predicted molar refractivity (Wildman–Crippen MR) is 64.9 cm³/mol. The van der Waals surface area contributed by atoms with Crippen molar-refractivity contribution in [3.63, 3.8) is 0 Å². The molecule has 1 nitrogen and oxygen atoms in total. The Hall–Kier alpha value is 0.01000. The molecule has 0 amide bonds. The molecule has 0 radical (unpaired) electrons. The molecule has 1 aromatic carbocycles. The SMILES string of the molecule is Cc1ccc(Br)cc1CC1(O)CSC1. The van der Waals surface area contributed by atoms with Crippen LogP contribution in [-0.4, -0.2) is 22.2 Å². The average Bonchev–Trinajstić information content (AvgIpc) is 2.09. The number of hydrogen-bond donors (Lipinski definition) is 1. The third-order valence-corrected chi connectivity index (χ3v) is 4.55. The summed E-state index contributed by atoms with van der Waals surface area (Å²) in [7, 11) is 0. The van der Waals surface area contributed by atoms with Gasteiger partial charge in [-0.25, -0.2) is 0 Å². The fraction of sp³-hybridized carbons (Fsp3) is 0.455. The second-order valence-electron chi connectivity index (χ2n) is 3.96.